The fraction of sp³-hybridized carbons (Fsp3) is 0.571. The van der Waals surface area contributed by atoms with Crippen LogP contribution in [0, 0.1) is 0 Å². The Morgan fingerprint density at radius 3 is 2.55 bits per heavy atom. The third-order valence-corrected chi connectivity index (χ3v) is 5.03. The minimum atomic E-state index is -0.493. The maximum Gasteiger partial charge on any atom is 0.410 e. The van der Waals surface area contributed by atoms with Gasteiger partial charge in [0.1, 0.15) is 11.3 Å². The summed E-state index contributed by atoms with van der Waals surface area (Å²) < 4.78 is 9.25. The Hall–Kier alpha value is -2.77. The molecule has 1 aliphatic rings. The lowest BCUT2D eigenvalue weighted by Gasteiger charge is -2.34. The van der Waals surface area contributed by atoms with Crippen molar-refractivity contribution in [2.45, 2.75) is 51.8 Å². The molecule has 8 heteroatoms. The van der Waals surface area contributed by atoms with Gasteiger partial charge in [-0.25, -0.2) is 4.79 Å². The van der Waals surface area contributed by atoms with Crippen molar-refractivity contribution in [3.8, 4) is 0 Å². The van der Waals surface area contributed by atoms with Crippen molar-refractivity contribution in [3.05, 3.63) is 42.0 Å². The Morgan fingerprint density at radius 1 is 1.28 bits per heavy atom. The van der Waals surface area contributed by atoms with Gasteiger partial charge in [0.15, 0.2) is 0 Å². The first-order valence-corrected chi connectivity index (χ1v) is 10.0. The van der Waals surface area contributed by atoms with E-state index in [4.69, 9.17) is 4.74 Å². The van der Waals surface area contributed by atoms with Crippen LogP contribution in [0.1, 0.15) is 55.7 Å². The molecule has 0 saturated carbocycles. The van der Waals surface area contributed by atoms with E-state index in [2.05, 4.69) is 9.67 Å². The number of hydrogen-bond donors (Lipinski definition) is 0. The van der Waals surface area contributed by atoms with E-state index in [1.807, 2.05) is 52.3 Å². The molecule has 3 rings (SSSR count). The summed E-state index contributed by atoms with van der Waals surface area (Å²) >= 11 is 0. The van der Waals surface area contributed by atoms with Gasteiger partial charge in [-0.15, -0.1) is 0 Å². The normalized spacial score (nSPS) is 15.4. The smallest absolute Gasteiger partial charge is 0.410 e. The van der Waals surface area contributed by atoms with Crippen molar-refractivity contribution in [3.63, 3.8) is 0 Å². The highest BCUT2D eigenvalue weighted by Gasteiger charge is 2.29. The maximum atomic E-state index is 13.0. The molecule has 2 aromatic rings. The van der Waals surface area contributed by atoms with Crippen molar-refractivity contribution < 1.29 is 14.3 Å². The molecule has 2 amide bonds. The van der Waals surface area contributed by atoms with Gasteiger partial charge in [-0.1, -0.05) is 0 Å². The van der Waals surface area contributed by atoms with Crippen LogP contribution in [-0.2, 0) is 18.3 Å². The second-order valence-corrected chi connectivity index (χ2v) is 8.68. The Kier molecular flexibility index (Phi) is 6.00. The molecule has 158 valence electrons. The van der Waals surface area contributed by atoms with Crippen molar-refractivity contribution >= 4 is 12.0 Å². The summed E-state index contributed by atoms with van der Waals surface area (Å²) in [5, 5.41) is 4.16. The van der Waals surface area contributed by atoms with Crippen LogP contribution in [0.15, 0.2) is 30.7 Å². The second kappa shape index (κ2) is 8.31. The standard InChI is InChI=1S/C21H31N5O3/c1-21(2,3)29-20(28)25-11-8-17(9-12-25)26-10-6-7-18(26)19(27)23(4)14-16-13-22-24(5)15-16/h6-7,10,13,15,17H,8-9,11-12,14H2,1-5H3. The topological polar surface area (TPSA) is 72.6 Å². The molecule has 29 heavy (non-hydrogen) atoms. The molecule has 0 unspecified atom stereocenters. The number of amides is 2. The minimum absolute atomic E-state index is 0.0200. The molecule has 3 heterocycles. The van der Waals surface area contributed by atoms with Gasteiger partial charge in [0.05, 0.1) is 6.20 Å². The number of hydrogen-bond acceptors (Lipinski definition) is 4. The molecular weight excluding hydrogens is 370 g/mol. The monoisotopic (exact) mass is 401 g/mol. The van der Waals surface area contributed by atoms with E-state index >= 15 is 0 Å². The van der Waals surface area contributed by atoms with Crippen LogP contribution >= 0.6 is 0 Å². The summed E-state index contributed by atoms with van der Waals surface area (Å²) in [6.45, 7) is 7.37. The van der Waals surface area contributed by atoms with Crippen LogP contribution in [0.3, 0.4) is 0 Å². The quantitative estimate of drug-likeness (QED) is 0.789. The third kappa shape index (κ3) is 5.19. The van der Waals surface area contributed by atoms with Crippen LogP contribution in [0.5, 0.6) is 0 Å². The third-order valence-electron chi connectivity index (χ3n) is 5.03. The number of likely N-dealkylation sites (tertiary alicyclic amines) is 1. The highest BCUT2D eigenvalue weighted by atomic mass is 16.6. The zero-order chi connectivity index (χ0) is 21.2. The molecule has 0 radical (unpaired) electrons. The molecule has 2 aromatic heterocycles. The van der Waals surface area contributed by atoms with Gasteiger partial charge in [-0.05, 0) is 45.7 Å². The van der Waals surface area contributed by atoms with Crippen LogP contribution in [0.25, 0.3) is 0 Å². The predicted molar refractivity (Wildman–Crippen MR) is 110 cm³/mol. The number of rotatable bonds is 4. The fourth-order valence-electron chi connectivity index (χ4n) is 3.64. The number of carbonyl (C=O) groups excluding carboxylic acids is 2. The largest absolute Gasteiger partial charge is 0.444 e. The summed E-state index contributed by atoms with van der Waals surface area (Å²) in [5.41, 5.74) is 1.17. The van der Waals surface area contributed by atoms with Gasteiger partial charge in [0.2, 0.25) is 0 Å². The zero-order valence-electron chi connectivity index (χ0n) is 18.0. The lowest BCUT2D eigenvalue weighted by atomic mass is 10.0. The molecular formula is C21H31N5O3. The first kappa shape index (κ1) is 21.0. The SMILES string of the molecule is CN(Cc1cnn(C)c1)C(=O)c1cccn1C1CCN(C(=O)OC(C)(C)C)CC1. The molecule has 1 fully saturated rings. The van der Waals surface area contributed by atoms with E-state index in [1.54, 1.807) is 27.7 Å². The first-order valence-electron chi connectivity index (χ1n) is 10.0. The predicted octanol–water partition coefficient (Wildman–Crippen LogP) is 3.07. The van der Waals surface area contributed by atoms with Gasteiger partial charge < -0.3 is 19.1 Å². The molecule has 8 nitrogen and oxygen atoms in total. The van der Waals surface area contributed by atoms with Crippen molar-refractivity contribution in [2.75, 3.05) is 20.1 Å². The fourth-order valence-corrected chi connectivity index (χ4v) is 3.64. The molecule has 1 saturated heterocycles. The first-order chi connectivity index (χ1) is 13.6. The second-order valence-electron chi connectivity index (χ2n) is 8.68. The van der Waals surface area contributed by atoms with E-state index in [0.29, 0.717) is 25.3 Å². The maximum absolute atomic E-state index is 13.0. The molecule has 1 aliphatic heterocycles. The molecule has 0 bridgehead atoms. The molecule has 0 aliphatic carbocycles. The molecule has 0 spiro atoms. The number of piperidine rings is 1. The average molecular weight is 402 g/mol. The van der Waals surface area contributed by atoms with Crippen LogP contribution in [0.4, 0.5) is 4.79 Å². The Labute approximate surface area is 172 Å². The lowest BCUT2D eigenvalue weighted by molar-refractivity contribution is 0.0186. The van der Waals surface area contributed by atoms with Crippen LogP contribution < -0.4 is 0 Å². The van der Waals surface area contributed by atoms with Gasteiger partial charge in [0, 0.05) is 57.7 Å². The molecule has 0 atom stereocenters. The molecule has 0 aromatic carbocycles. The van der Waals surface area contributed by atoms with E-state index in [0.717, 1.165) is 18.4 Å². The summed E-state index contributed by atoms with van der Waals surface area (Å²) in [7, 11) is 3.66. The van der Waals surface area contributed by atoms with Crippen LogP contribution in [0.2, 0.25) is 0 Å². The summed E-state index contributed by atoms with van der Waals surface area (Å²) in [5.74, 6) is -0.0200. The Bertz CT molecular complexity index is 856. The molecule has 0 N–H and O–H groups in total. The van der Waals surface area contributed by atoms with Gasteiger partial charge in [0.25, 0.3) is 5.91 Å². The van der Waals surface area contributed by atoms with Crippen molar-refractivity contribution in [1.29, 1.82) is 0 Å². The van der Waals surface area contributed by atoms with E-state index in [9.17, 15) is 9.59 Å². The minimum Gasteiger partial charge on any atom is -0.444 e. The van der Waals surface area contributed by atoms with Crippen LogP contribution in [-0.4, -0.2) is 61.9 Å². The van der Waals surface area contributed by atoms with E-state index in [1.165, 1.54) is 0 Å². The summed E-state index contributed by atoms with van der Waals surface area (Å²) in [6, 6.07) is 3.96. The van der Waals surface area contributed by atoms with Crippen molar-refractivity contribution in [1.82, 2.24) is 24.1 Å². The van der Waals surface area contributed by atoms with E-state index in [-0.39, 0.29) is 18.0 Å². The average Bonchev–Trinajstić information content (AvgIpc) is 3.29. The number of aromatic nitrogens is 3. The van der Waals surface area contributed by atoms with E-state index < -0.39 is 5.60 Å². The number of carbonyl (C=O) groups is 2. The number of aryl methyl sites for hydroxylation is 1. The van der Waals surface area contributed by atoms with Gasteiger partial charge in [-0.3, -0.25) is 9.48 Å². The summed E-state index contributed by atoms with van der Waals surface area (Å²) in [4.78, 5) is 28.7. The Balaban J connectivity index is 1.61. The summed E-state index contributed by atoms with van der Waals surface area (Å²) in [6.07, 6.45) is 6.96. The number of nitrogens with zero attached hydrogens (tertiary/aromatic N) is 5. The van der Waals surface area contributed by atoms with Gasteiger partial charge in [-0.2, -0.15) is 5.10 Å². The Morgan fingerprint density at radius 2 is 1.97 bits per heavy atom. The zero-order valence-corrected chi connectivity index (χ0v) is 18.0. The highest BCUT2D eigenvalue weighted by Crippen LogP contribution is 2.26. The lowest BCUT2D eigenvalue weighted by Crippen LogP contribution is -2.42. The number of ether oxygens (including phenoxy) is 1. The van der Waals surface area contributed by atoms with Gasteiger partial charge >= 0.3 is 6.09 Å². The highest BCUT2D eigenvalue weighted by molar-refractivity contribution is 5.92. The van der Waals surface area contributed by atoms with Crippen molar-refractivity contribution in [2.24, 2.45) is 7.05 Å².